The summed E-state index contributed by atoms with van der Waals surface area (Å²) in [6.45, 7) is 4.44. The molecule has 0 radical (unpaired) electrons. The molecule has 0 aliphatic heterocycles. The maximum absolute atomic E-state index is 11.3. The Morgan fingerprint density at radius 2 is 2.26 bits per heavy atom. The van der Waals surface area contributed by atoms with Crippen LogP contribution in [0.1, 0.15) is 19.5 Å². The Morgan fingerprint density at radius 3 is 2.95 bits per heavy atom. The van der Waals surface area contributed by atoms with Gasteiger partial charge in [0.2, 0.25) is 0 Å². The Bertz CT molecular complexity index is 575. The van der Waals surface area contributed by atoms with Crippen LogP contribution in [0.4, 0.5) is 5.82 Å². The molecule has 2 aromatic heterocycles. The summed E-state index contributed by atoms with van der Waals surface area (Å²) >= 11 is 0. The molecule has 2 rings (SSSR count). The van der Waals surface area contributed by atoms with Gasteiger partial charge in [0.1, 0.15) is 18.0 Å². The third kappa shape index (κ3) is 3.05. The van der Waals surface area contributed by atoms with E-state index in [1.54, 1.807) is 0 Å². The highest BCUT2D eigenvalue weighted by Crippen LogP contribution is 2.20. The fourth-order valence-electron chi connectivity index (χ4n) is 1.99. The normalized spacial score (nSPS) is 10.9. The quantitative estimate of drug-likeness (QED) is 0.838. The fourth-order valence-corrected chi connectivity index (χ4v) is 1.99. The van der Waals surface area contributed by atoms with Crippen molar-refractivity contribution in [2.75, 3.05) is 19.0 Å². The lowest BCUT2D eigenvalue weighted by molar-refractivity contribution is -0.138. The average molecular weight is 261 g/mol. The maximum Gasteiger partial charge on any atom is 0.325 e. The van der Waals surface area contributed by atoms with Crippen LogP contribution in [-0.4, -0.2) is 29.0 Å². The molecular weight excluding hydrogens is 242 g/mol. The van der Waals surface area contributed by atoms with E-state index in [2.05, 4.69) is 28.9 Å². The molecule has 0 spiro atoms. The highest BCUT2D eigenvalue weighted by Gasteiger charge is 2.13. The number of fused-ring (bicyclic) bond motifs is 1. The van der Waals surface area contributed by atoms with Gasteiger partial charge in [-0.1, -0.05) is 19.9 Å². The Hall–Kier alpha value is -2.04. The van der Waals surface area contributed by atoms with Gasteiger partial charge in [-0.25, -0.2) is 4.98 Å². The molecule has 0 aliphatic rings. The zero-order chi connectivity index (χ0) is 13.8. The molecule has 0 aromatic carbocycles. The van der Waals surface area contributed by atoms with Crippen LogP contribution in [0.5, 0.6) is 0 Å². The molecule has 0 aliphatic carbocycles. The Labute approximate surface area is 112 Å². The van der Waals surface area contributed by atoms with Crippen molar-refractivity contribution >= 4 is 17.4 Å². The van der Waals surface area contributed by atoms with Gasteiger partial charge in [-0.05, 0) is 24.5 Å². The third-order valence-electron chi connectivity index (χ3n) is 2.83. The van der Waals surface area contributed by atoms with Gasteiger partial charge in [0.25, 0.3) is 0 Å². The van der Waals surface area contributed by atoms with Gasteiger partial charge in [0, 0.05) is 6.20 Å². The molecule has 5 nitrogen and oxygen atoms in total. The first-order valence-corrected chi connectivity index (χ1v) is 6.38. The first-order valence-electron chi connectivity index (χ1n) is 6.38. The zero-order valence-electron chi connectivity index (χ0n) is 11.5. The van der Waals surface area contributed by atoms with E-state index < -0.39 is 0 Å². The minimum absolute atomic E-state index is 0.143. The lowest BCUT2D eigenvalue weighted by atomic mass is 10.1. The second-order valence-electron chi connectivity index (χ2n) is 4.86. The number of methoxy groups -OCH3 is 1. The van der Waals surface area contributed by atoms with E-state index in [9.17, 15) is 4.79 Å². The fraction of sp³-hybridized carbons (Fsp3) is 0.429. The number of rotatable bonds is 5. The summed E-state index contributed by atoms with van der Waals surface area (Å²) in [6.07, 6.45) is 2.80. The first kappa shape index (κ1) is 13.4. The van der Waals surface area contributed by atoms with Gasteiger partial charge < -0.3 is 10.1 Å². The topological polar surface area (TPSA) is 55.6 Å². The number of carbonyl (C=O) groups is 1. The van der Waals surface area contributed by atoms with Gasteiger partial charge in [0.05, 0.1) is 12.8 Å². The monoisotopic (exact) mass is 261 g/mol. The van der Waals surface area contributed by atoms with E-state index in [1.807, 2.05) is 28.8 Å². The third-order valence-corrected chi connectivity index (χ3v) is 2.83. The van der Waals surface area contributed by atoms with E-state index in [0.717, 1.165) is 23.6 Å². The SMILES string of the molecule is COC(=O)CNc1c(CC(C)C)nc2ccccn12. The predicted molar refractivity (Wildman–Crippen MR) is 74.2 cm³/mol. The number of hydrogen-bond acceptors (Lipinski definition) is 4. The zero-order valence-corrected chi connectivity index (χ0v) is 11.5. The van der Waals surface area contributed by atoms with E-state index >= 15 is 0 Å². The number of esters is 1. The molecule has 102 valence electrons. The summed E-state index contributed by atoms with van der Waals surface area (Å²) in [4.78, 5) is 15.9. The molecule has 2 heterocycles. The van der Waals surface area contributed by atoms with Crippen LogP contribution in [0.2, 0.25) is 0 Å². The summed E-state index contributed by atoms with van der Waals surface area (Å²) in [5, 5.41) is 3.12. The minimum Gasteiger partial charge on any atom is -0.468 e. The number of nitrogens with zero attached hydrogens (tertiary/aromatic N) is 2. The highest BCUT2D eigenvalue weighted by molar-refractivity contribution is 5.75. The summed E-state index contributed by atoms with van der Waals surface area (Å²) in [5.74, 6) is 1.08. The number of aromatic nitrogens is 2. The second-order valence-corrected chi connectivity index (χ2v) is 4.86. The lowest BCUT2D eigenvalue weighted by Gasteiger charge is -2.08. The van der Waals surface area contributed by atoms with Gasteiger partial charge in [-0.15, -0.1) is 0 Å². The van der Waals surface area contributed by atoms with Crippen molar-refractivity contribution in [2.24, 2.45) is 5.92 Å². The van der Waals surface area contributed by atoms with E-state index in [-0.39, 0.29) is 12.5 Å². The smallest absolute Gasteiger partial charge is 0.325 e. The molecule has 0 atom stereocenters. The Kier molecular flexibility index (Phi) is 4.04. The van der Waals surface area contributed by atoms with Gasteiger partial charge in [-0.2, -0.15) is 0 Å². The molecule has 0 bridgehead atoms. The number of hydrogen-bond donors (Lipinski definition) is 1. The largest absolute Gasteiger partial charge is 0.468 e. The highest BCUT2D eigenvalue weighted by atomic mass is 16.5. The number of ether oxygens (including phenoxy) is 1. The molecule has 0 fully saturated rings. The van der Waals surface area contributed by atoms with Crippen LogP contribution in [0.15, 0.2) is 24.4 Å². The summed E-state index contributed by atoms with van der Waals surface area (Å²) in [5.41, 5.74) is 1.86. The number of nitrogens with one attached hydrogen (secondary N) is 1. The van der Waals surface area contributed by atoms with Crippen LogP contribution < -0.4 is 5.32 Å². The predicted octanol–water partition coefficient (Wildman–Crippen LogP) is 2.12. The van der Waals surface area contributed by atoms with Crippen LogP contribution >= 0.6 is 0 Å². The van der Waals surface area contributed by atoms with E-state index in [0.29, 0.717) is 5.92 Å². The molecule has 0 saturated heterocycles. The van der Waals surface area contributed by atoms with Crippen LogP contribution in [0.25, 0.3) is 5.65 Å². The molecule has 1 N–H and O–H groups in total. The molecule has 5 heteroatoms. The van der Waals surface area contributed by atoms with Crippen LogP contribution in [0.3, 0.4) is 0 Å². The summed E-state index contributed by atoms with van der Waals surface area (Å²) in [6, 6.07) is 5.84. The van der Waals surface area contributed by atoms with Crippen molar-refractivity contribution < 1.29 is 9.53 Å². The Morgan fingerprint density at radius 1 is 1.47 bits per heavy atom. The van der Waals surface area contributed by atoms with Crippen LogP contribution in [-0.2, 0) is 16.0 Å². The maximum atomic E-state index is 11.3. The van der Waals surface area contributed by atoms with Crippen molar-refractivity contribution in [1.82, 2.24) is 9.38 Å². The van der Waals surface area contributed by atoms with Crippen LogP contribution in [0, 0.1) is 5.92 Å². The van der Waals surface area contributed by atoms with Crippen molar-refractivity contribution in [3.05, 3.63) is 30.1 Å². The van der Waals surface area contributed by atoms with Crippen molar-refractivity contribution in [3.63, 3.8) is 0 Å². The molecular formula is C14H19N3O2. The van der Waals surface area contributed by atoms with E-state index in [4.69, 9.17) is 0 Å². The van der Waals surface area contributed by atoms with Crippen molar-refractivity contribution in [3.8, 4) is 0 Å². The minimum atomic E-state index is -0.290. The van der Waals surface area contributed by atoms with Gasteiger partial charge in [0.15, 0.2) is 0 Å². The number of pyridine rings is 1. The molecule has 0 amide bonds. The molecule has 0 saturated carbocycles. The van der Waals surface area contributed by atoms with E-state index in [1.165, 1.54) is 7.11 Å². The number of carbonyl (C=O) groups excluding carboxylic acids is 1. The first-order chi connectivity index (χ1) is 9.11. The molecule has 2 aromatic rings. The van der Waals surface area contributed by atoms with Crippen molar-refractivity contribution in [2.45, 2.75) is 20.3 Å². The van der Waals surface area contributed by atoms with Gasteiger partial charge >= 0.3 is 5.97 Å². The number of anilines is 1. The molecule has 19 heavy (non-hydrogen) atoms. The van der Waals surface area contributed by atoms with Crippen molar-refractivity contribution in [1.29, 1.82) is 0 Å². The standard InChI is InChI=1S/C14H19N3O2/c1-10(2)8-11-14(15-9-13(18)19-3)17-7-5-4-6-12(17)16-11/h4-7,10,15H,8-9H2,1-3H3. The lowest BCUT2D eigenvalue weighted by Crippen LogP contribution is -2.17. The second kappa shape index (κ2) is 5.73. The summed E-state index contributed by atoms with van der Waals surface area (Å²) in [7, 11) is 1.38. The molecule has 0 unspecified atom stereocenters. The summed E-state index contributed by atoms with van der Waals surface area (Å²) < 4.78 is 6.61. The number of imidazole rings is 1. The average Bonchev–Trinajstić information content (AvgIpc) is 2.72. The Balaban J connectivity index is 2.33. The van der Waals surface area contributed by atoms with Gasteiger partial charge in [-0.3, -0.25) is 9.20 Å².